The van der Waals surface area contributed by atoms with Crippen molar-refractivity contribution < 1.29 is 15.2 Å². The Morgan fingerprint density at radius 1 is 1.00 bits per heavy atom. The number of hydrogen-bond acceptors (Lipinski definition) is 7. The second-order valence-electron chi connectivity index (χ2n) is 3.74. The standard InChI is InChI=1S/C10H24N2O2.HN2O2/c1-3-9(7-13)11-5-6-12-10(4-2)8-14;1-2(3)4/h9-14H,3-8H2,1-2H3;(H-,1,3,4)/q;-1. The van der Waals surface area contributed by atoms with Gasteiger partial charge in [-0.15, -0.1) is 0 Å². The number of nitrogens with zero attached hydrogens (tertiary/aromatic N) is 1. The van der Waals surface area contributed by atoms with E-state index in [1.807, 2.05) is 13.8 Å². The fourth-order valence-corrected chi connectivity index (χ4v) is 1.23. The van der Waals surface area contributed by atoms with Crippen molar-refractivity contribution in [2.24, 2.45) is 0 Å². The highest BCUT2D eigenvalue weighted by molar-refractivity contribution is 4.67. The highest BCUT2D eigenvalue weighted by Crippen LogP contribution is 1.89. The van der Waals surface area contributed by atoms with Crippen LogP contribution < -0.4 is 10.6 Å². The molecule has 2 atom stereocenters. The lowest BCUT2D eigenvalue weighted by Gasteiger charge is -2.17. The van der Waals surface area contributed by atoms with Gasteiger partial charge in [0.15, 0.2) is 0 Å². The molecule has 110 valence electrons. The van der Waals surface area contributed by atoms with E-state index in [1.165, 1.54) is 0 Å². The number of nitrogens with one attached hydrogen (secondary N) is 3. The Kier molecular flexibility index (Phi) is 15.2. The molecule has 0 aliphatic rings. The summed E-state index contributed by atoms with van der Waals surface area (Å²) in [6.45, 7) is 6.13. The molecule has 0 spiro atoms. The molecule has 0 aromatic rings. The molecule has 0 aromatic heterocycles. The minimum atomic E-state index is -1.25. The summed E-state index contributed by atoms with van der Waals surface area (Å²) in [6, 6.07) is 0.400. The summed E-state index contributed by atoms with van der Waals surface area (Å²) in [5, 5.41) is 40.0. The van der Waals surface area contributed by atoms with Gasteiger partial charge in [-0.1, -0.05) is 18.9 Å². The molecule has 0 saturated carbocycles. The van der Waals surface area contributed by atoms with Crippen LogP contribution in [0.1, 0.15) is 26.7 Å². The second kappa shape index (κ2) is 14.1. The molecule has 8 nitrogen and oxygen atoms in total. The lowest BCUT2D eigenvalue weighted by molar-refractivity contribution is -0.482. The van der Waals surface area contributed by atoms with Gasteiger partial charge in [-0.2, -0.15) is 0 Å². The van der Waals surface area contributed by atoms with Crippen LogP contribution in [0, 0.1) is 15.9 Å². The Morgan fingerprint density at radius 2 is 1.28 bits per heavy atom. The minimum absolute atomic E-state index is 0.188. The molecule has 8 heteroatoms. The van der Waals surface area contributed by atoms with E-state index in [2.05, 4.69) is 10.6 Å². The predicted molar refractivity (Wildman–Crippen MR) is 68.0 cm³/mol. The maximum absolute atomic E-state index is 8.90. The van der Waals surface area contributed by atoms with E-state index in [9.17, 15) is 0 Å². The van der Waals surface area contributed by atoms with Crippen LogP contribution >= 0.6 is 0 Å². The third-order valence-corrected chi connectivity index (χ3v) is 2.42. The van der Waals surface area contributed by atoms with Crippen molar-refractivity contribution in [2.75, 3.05) is 26.3 Å². The summed E-state index contributed by atoms with van der Waals surface area (Å²) >= 11 is 0. The van der Waals surface area contributed by atoms with Crippen LogP contribution in [0.2, 0.25) is 0 Å². The molecule has 0 heterocycles. The highest BCUT2D eigenvalue weighted by atomic mass is 16.8. The third-order valence-electron chi connectivity index (χ3n) is 2.42. The molecule has 0 rings (SSSR count). The van der Waals surface area contributed by atoms with Crippen molar-refractivity contribution in [1.29, 1.82) is 5.53 Å². The number of aliphatic hydroxyl groups is 2. The Hall–Kier alpha value is -0.960. The van der Waals surface area contributed by atoms with Gasteiger partial charge in [0.2, 0.25) is 0 Å². The summed E-state index contributed by atoms with van der Waals surface area (Å²) in [4.78, 5) is 0. The topological polar surface area (TPSA) is 138 Å². The predicted octanol–water partition coefficient (Wildman–Crippen LogP) is -0.267. The Labute approximate surface area is 108 Å². The molecule has 2 unspecified atom stereocenters. The zero-order valence-electron chi connectivity index (χ0n) is 11.1. The molecule has 0 bridgehead atoms. The molecule has 0 radical (unpaired) electrons. The van der Waals surface area contributed by atoms with E-state index in [-0.39, 0.29) is 25.3 Å². The van der Waals surface area contributed by atoms with Crippen LogP contribution in [0.3, 0.4) is 0 Å². The normalized spacial score (nSPS) is 13.3. The maximum Gasteiger partial charge on any atom is 0.0584 e. The Morgan fingerprint density at radius 3 is 1.44 bits per heavy atom. The van der Waals surface area contributed by atoms with Crippen molar-refractivity contribution in [2.45, 2.75) is 38.8 Å². The first-order valence-corrected chi connectivity index (χ1v) is 6.05. The molecule has 0 saturated heterocycles. The van der Waals surface area contributed by atoms with Crippen LogP contribution in [0.25, 0.3) is 0 Å². The van der Waals surface area contributed by atoms with E-state index in [4.69, 9.17) is 26.2 Å². The fourth-order valence-electron chi connectivity index (χ4n) is 1.23. The summed E-state index contributed by atoms with van der Waals surface area (Å²) in [5.74, 6) is 0. The molecule has 0 aliphatic heterocycles. The first kappa shape index (κ1) is 19.4. The fraction of sp³-hybridized carbons (Fsp3) is 1.00. The van der Waals surface area contributed by atoms with Crippen molar-refractivity contribution >= 4 is 0 Å². The monoisotopic (exact) mass is 265 g/mol. The molecule has 18 heavy (non-hydrogen) atoms. The van der Waals surface area contributed by atoms with Crippen LogP contribution in [0.4, 0.5) is 0 Å². The van der Waals surface area contributed by atoms with Crippen LogP contribution in [0.15, 0.2) is 0 Å². The van der Waals surface area contributed by atoms with E-state index < -0.39 is 5.02 Å². The Balaban J connectivity index is 0. The first-order valence-electron chi connectivity index (χ1n) is 6.05. The van der Waals surface area contributed by atoms with Gasteiger partial charge in [-0.25, -0.2) is 0 Å². The van der Waals surface area contributed by atoms with E-state index in [0.29, 0.717) is 0 Å². The van der Waals surface area contributed by atoms with Crippen molar-refractivity contribution in [3.05, 3.63) is 10.4 Å². The molecule has 0 aromatic carbocycles. The van der Waals surface area contributed by atoms with Crippen LogP contribution in [-0.2, 0) is 0 Å². The number of aliphatic hydroxyl groups excluding tert-OH is 2. The van der Waals surface area contributed by atoms with Gasteiger partial charge in [-0.3, -0.25) is 0 Å². The average Bonchev–Trinajstić information content (AvgIpc) is 2.33. The number of rotatable bonds is 9. The quantitative estimate of drug-likeness (QED) is 0.221. The van der Waals surface area contributed by atoms with Gasteiger partial charge in [0.25, 0.3) is 0 Å². The Bertz CT molecular complexity index is 169. The molecular formula is C10H25N4O4-. The summed E-state index contributed by atoms with van der Waals surface area (Å²) in [7, 11) is 0. The summed E-state index contributed by atoms with van der Waals surface area (Å²) in [6.07, 6.45) is 1.88. The zero-order chi connectivity index (χ0) is 14.4. The van der Waals surface area contributed by atoms with Gasteiger partial charge in [0.05, 0.1) is 13.2 Å². The smallest absolute Gasteiger partial charge is 0.0584 e. The summed E-state index contributed by atoms with van der Waals surface area (Å²) in [5.41, 5.74) is 5.31. The van der Waals surface area contributed by atoms with Gasteiger partial charge in [0.1, 0.15) is 0 Å². The van der Waals surface area contributed by atoms with Crippen LogP contribution in [0.5, 0.6) is 0 Å². The first-order chi connectivity index (χ1) is 8.51. The molecule has 5 N–H and O–H groups in total. The third kappa shape index (κ3) is 15.0. The van der Waals surface area contributed by atoms with E-state index >= 15 is 0 Å². The van der Waals surface area contributed by atoms with Crippen molar-refractivity contribution in [3.63, 3.8) is 0 Å². The number of hydrogen-bond donors (Lipinski definition) is 5. The van der Waals surface area contributed by atoms with Gasteiger partial charge < -0.3 is 31.3 Å². The van der Waals surface area contributed by atoms with Gasteiger partial charge in [0, 0.05) is 25.2 Å². The maximum atomic E-state index is 8.90. The lowest BCUT2D eigenvalue weighted by atomic mass is 10.2. The van der Waals surface area contributed by atoms with Gasteiger partial charge >= 0.3 is 0 Å². The largest absolute Gasteiger partial charge is 0.588 e. The highest BCUT2D eigenvalue weighted by Gasteiger charge is 2.04. The molecular weight excluding hydrogens is 240 g/mol. The van der Waals surface area contributed by atoms with Crippen LogP contribution in [-0.4, -0.2) is 53.6 Å². The van der Waals surface area contributed by atoms with Crippen molar-refractivity contribution in [1.82, 2.24) is 10.6 Å². The molecule has 0 aliphatic carbocycles. The molecule has 0 amide bonds. The van der Waals surface area contributed by atoms with E-state index in [0.717, 1.165) is 25.9 Å². The lowest BCUT2D eigenvalue weighted by Crippen LogP contribution is -2.40. The second-order valence-corrected chi connectivity index (χ2v) is 3.74. The minimum Gasteiger partial charge on any atom is -0.588 e. The van der Waals surface area contributed by atoms with E-state index in [1.54, 1.807) is 0 Å². The SMILES string of the molecule is CCC(CO)NCCNC(CC)CO.N=[N+]([O-])[O-]. The van der Waals surface area contributed by atoms with Gasteiger partial charge in [-0.05, 0) is 18.4 Å². The summed E-state index contributed by atoms with van der Waals surface area (Å²) < 4.78 is 0. The van der Waals surface area contributed by atoms with Crippen molar-refractivity contribution in [3.8, 4) is 0 Å². The average molecular weight is 265 g/mol. The zero-order valence-corrected chi connectivity index (χ0v) is 11.1. The molecule has 0 fully saturated rings.